The fraction of sp³-hybridized carbons (Fsp3) is 0.462. The number of amides is 2. The van der Waals surface area contributed by atoms with Gasteiger partial charge in [0, 0.05) is 29.9 Å². The predicted molar refractivity (Wildman–Crippen MR) is 138 cm³/mol. The van der Waals surface area contributed by atoms with E-state index in [-0.39, 0.29) is 47.0 Å². The summed E-state index contributed by atoms with van der Waals surface area (Å²) in [5.41, 5.74) is -1.99. The number of sulfone groups is 1. The Morgan fingerprint density at radius 3 is 2.25 bits per heavy atom. The van der Waals surface area contributed by atoms with Crippen molar-refractivity contribution in [3.05, 3.63) is 58.4 Å². The van der Waals surface area contributed by atoms with Gasteiger partial charge in [-0.25, -0.2) is 21.6 Å². The van der Waals surface area contributed by atoms with Crippen LogP contribution >= 0.6 is 11.6 Å². The van der Waals surface area contributed by atoms with Gasteiger partial charge in [0.1, 0.15) is 0 Å². The number of aliphatic hydroxyl groups excluding tert-OH is 2. The highest BCUT2D eigenvalue weighted by Gasteiger charge is 2.56. The molecule has 2 fully saturated rings. The maximum absolute atomic E-state index is 13.7. The number of halogens is 4. The minimum atomic E-state index is -4.12. The Labute approximate surface area is 233 Å². The van der Waals surface area contributed by atoms with Crippen molar-refractivity contribution in [3.8, 4) is 0 Å². The van der Waals surface area contributed by atoms with Crippen LogP contribution in [0.2, 0.25) is 5.02 Å². The van der Waals surface area contributed by atoms with Crippen molar-refractivity contribution < 1.29 is 46.5 Å². The minimum absolute atomic E-state index is 0.0444. The Morgan fingerprint density at radius 2 is 1.68 bits per heavy atom. The van der Waals surface area contributed by atoms with Gasteiger partial charge in [-0.2, -0.15) is 0 Å². The number of carbonyl (C=O) groups excluding carboxylic acids is 2. The van der Waals surface area contributed by atoms with E-state index in [1.54, 1.807) is 0 Å². The van der Waals surface area contributed by atoms with E-state index in [2.05, 4.69) is 10.6 Å². The SMILES string of the molecule is O=C(C[C@]1(O)C2CCC1C[C@@H](S(=O)(=O)c1cc(C(=O)Nc3cc(F)c(F)c(F)c3)ccc1Cl)C2)NCC(O)CO. The van der Waals surface area contributed by atoms with Crippen LogP contribution in [0.5, 0.6) is 0 Å². The summed E-state index contributed by atoms with van der Waals surface area (Å²) in [6.07, 6.45) is -0.335. The first-order valence-electron chi connectivity index (χ1n) is 12.5. The molecule has 2 bridgehead atoms. The summed E-state index contributed by atoms with van der Waals surface area (Å²) in [6, 6.07) is 4.64. The topological polar surface area (TPSA) is 153 Å². The number of nitrogens with one attached hydrogen (secondary N) is 2. The molecule has 2 aromatic rings. The van der Waals surface area contributed by atoms with Gasteiger partial charge in [-0.05, 0) is 55.7 Å². The zero-order chi connectivity index (χ0) is 29.4. The number of benzene rings is 2. The molecule has 2 amide bonds. The molecule has 0 radical (unpaired) electrons. The van der Waals surface area contributed by atoms with Gasteiger partial charge in [0.25, 0.3) is 5.91 Å². The second kappa shape index (κ2) is 11.6. The zero-order valence-corrected chi connectivity index (χ0v) is 22.6. The Kier molecular flexibility index (Phi) is 8.81. The van der Waals surface area contributed by atoms with Crippen molar-refractivity contribution in [3.63, 3.8) is 0 Å². The summed E-state index contributed by atoms with van der Waals surface area (Å²) in [6.45, 7) is -0.727. The number of anilines is 1. The Balaban J connectivity index is 1.51. The standard InChI is InChI=1S/C26H28ClF3N2O7S/c27-19-4-1-13(25(36)32-16-8-20(28)24(30)21(29)9-16)5-22(19)40(38,39)18-6-14-2-3-15(7-18)26(14,37)10-23(35)31-11-17(34)12-33/h1,4-5,8-9,14-15,17-18,33-34,37H,2-3,6-7,10-12H2,(H,31,35)(H,32,36)/t14?,15?,17?,18-,26-. The summed E-state index contributed by atoms with van der Waals surface area (Å²) in [5.74, 6) is -7.18. The van der Waals surface area contributed by atoms with Crippen molar-refractivity contribution in [2.45, 2.75) is 54.0 Å². The first kappa shape index (κ1) is 30.3. The van der Waals surface area contributed by atoms with Crippen LogP contribution in [0, 0.1) is 29.3 Å². The van der Waals surface area contributed by atoms with Gasteiger partial charge < -0.3 is 26.0 Å². The normalized spacial score (nSPS) is 24.9. The summed E-state index contributed by atoms with van der Waals surface area (Å²) in [4.78, 5) is 24.8. The summed E-state index contributed by atoms with van der Waals surface area (Å²) in [5, 5.41) is 33.2. The van der Waals surface area contributed by atoms with E-state index in [0.717, 1.165) is 6.07 Å². The van der Waals surface area contributed by atoms with E-state index < -0.39 is 74.5 Å². The molecule has 0 aliphatic heterocycles. The van der Waals surface area contributed by atoms with Gasteiger partial charge in [0.2, 0.25) is 5.91 Å². The zero-order valence-electron chi connectivity index (χ0n) is 21.0. The molecule has 2 aliphatic rings. The average molecular weight is 605 g/mol. The predicted octanol–water partition coefficient (Wildman–Crippen LogP) is 2.56. The van der Waals surface area contributed by atoms with Crippen LogP contribution < -0.4 is 10.6 Å². The van der Waals surface area contributed by atoms with Gasteiger partial charge in [-0.1, -0.05) is 11.6 Å². The van der Waals surface area contributed by atoms with Crippen molar-refractivity contribution >= 4 is 38.9 Å². The largest absolute Gasteiger partial charge is 0.394 e. The lowest BCUT2D eigenvalue weighted by Crippen LogP contribution is -2.51. The second-order valence-electron chi connectivity index (χ2n) is 10.3. The molecule has 40 heavy (non-hydrogen) atoms. The maximum Gasteiger partial charge on any atom is 0.255 e. The molecule has 0 spiro atoms. The van der Waals surface area contributed by atoms with Gasteiger partial charge in [0.15, 0.2) is 27.3 Å². The third-order valence-corrected chi connectivity index (χ3v) is 10.4. The van der Waals surface area contributed by atoms with Gasteiger partial charge >= 0.3 is 0 Å². The Bertz CT molecular complexity index is 1390. The molecule has 0 aromatic heterocycles. The molecule has 9 nitrogen and oxygen atoms in total. The van der Waals surface area contributed by atoms with E-state index in [1.807, 2.05) is 0 Å². The molecule has 3 atom stereocenters. The van der Waals surface area contributed by atoms with Crippen LogP contribution in [0.1, 0.15) is 42.5 Å². The van der Waals surface area contributed by atoms with Gasteiger partial charge in [-0.15, -0.1) is 0 Å². The third-order valence-electron chi connectivity index (χ3n) is 7.74. The number of hydrogen-bond donors (Lipinski definition) is 5. The fourth-order valence-corrected chi connectivity index (χ4v) is 8.04. The van der Waals surface area contributed by atoms with Gasteiger partial charge in [0.05, 0.1) is 39.9 Å². The fourth-order valence-electron chi connectivity index (χ4n) is 5.64. The molecule has 0 heterocycles. The molecular weight excluding hydrogens is 577 g/mol. The molecular formula is C26H28ClF3N2O7S. The number of rotatable bonds is 9. The third kappa shape index (κ3) is 5.98. The maximum atomic E-state index is 13.7. The van der Waals surface area contributed by atoms with E-state index in [0.29, 0.717) is 25.0 Å². The monoisotopic (exact) mass is 604 g/mol. The summed E-state index contributed by atoms with van der Waals surface area (Å²) in [7, 11) is -4.12. The first-order chi connectivity index (χ1) is 18.8. The van der Waals surface area contributed by atoms with E-state index in [9.17, 15) is 41.4 Å². The summed E-state index contributed by atoms with van der Waals surface area (Å²) < 4.78 is 67.6. The molecule has 0 saturated heterocycles. The number of fused-ring (bicyclic) bond motifs is 2. The lowest BCUT2D eigenvalue weighted by Gasteiger charge is -2.42. The molecule has 2 aromatic carbocycles. The molecule has 3 unspecified atom stereocenters. The van der Waals surface area contributed by atoms with E-state index in [4.69, 9.17) is 16.7 Å². The molecule has 5 N–H and O–H groups in total. The smallest absolute Gasteiger partial charge is 0.255 e. The van der Waals surface area contributed by atoms with Crippen LogP contribution in [-0.2, 0) is 14.6 Å². The molecule has 218 valence electrons. The minimum Gasteiger partial charge on any atom is -0.394 e. The molecule has 4 rings (SSSR count). The second-order valence-corrected chi connectivity index (χ2v) is 12.9. The number of carbonyl (C=O) groups is 2. The van der Waals surface area contributed by atoms with Crippen molar-refractivity contribution in [1.29, 1.82) is 0 Å². The average Bonchev–Trinajstić information content (AvgIpc) is 3.06. The van der Waals surface area contributed by atoms with Crippen molar-refractivity contribution in [2.75, 3.05) is 18.5 Å². The highest BCUT2D eigenvalue weighted by atomic mass is 35.5. The number of hydrogen-bond acceptors (Lipinski definition) is 7. The lowest BCUT2D eigenvalue weighted by molar-refractivity contribution is -0.133. The van der Waals surface area contributed by atoms with Crippen LogP contribution in [0.25, 0.3) is 0 Å². The summed E-state index contributed by atoms with van der Waals surface area (Å²) >= 11 is 6.22. The quantitative estimate of drug-likeness (QED) is 0.276. The molecule has 2 aliphatic carbocycles. The molecule has 14 heteroatoms. The number of aliphatic hydroxyl groups is 3. The lowest BCUT2D eigenvalue weighted by atomic mass is 9.72. The Hall–Kier alpha value is -2.71. The highest BCUT2D eigenvalue weighted by Crippen LogP contribution is 2.53. The van der Waals surface area contributed by atoms with Gasteiger partial charge in [-0.3, -0.25) is 9.59 Å². The van der Waals surface area contributed by atoms with Crippen LogP contribution in [-0.4, -0.2) is 65.7 Å². The van der Waals surface area contributed by atoms with Crippen molar-refractivity contribution in [1.82, 2.24) is 5.32 Å². The van der Waals surface area contributed by atoms with Crippen LogP contribution in [0.3, 0.4) is 0 Å². The molecule has 2 saturated carbocycles. The first-order valence-corrected chi connectivity index (χ1v) is 14.5. The van der Waals surface area contributed by atoms with E-state index >= 15 is 0 Å². The Morgan fingerprint density at radius 1 is 1.07 bits per heavy atom. The van der Waals surface area contributed by atoms with Crippen molar-refractivity contribution in [2.24, 2.45) is 11.8 Å². The van der Waals surface area contributed by atoms with Crippen LogP contribution in [0.4, 0.5) is 18.9 Å². The van der Waals surface area contributed by atoms with Crippen LogP contribution in [0.15, 0.2) is 35.2 Å². The highest BCUT2D eigenvalue weighted by molar-refractivity contribution is 7.92. The van der Waals surface area contributed by atoms with E-state index in [1.165, 1.54) is 12.1 Å².